The van der Waals surface area contributed by atoms with E-state index in [0.717, 1.165) is 19.3 Å². The molecule has 0 aromatic rings. The summed E-state index contributed by atoms with van der Waals surface area (Å²) in [5.74, 6) is 0.234. The summed E-state index contributed by atoms with van der Waals surface area (Å²) in [6, 6.07) is 0. The highest BCUT2D eigenvalue weighted by atomic mass is 16.5. The number of hydrogen-bond donors (Lipinski definition) is 2. The predicted molar refractivity (Wildman–Crippen MR) is 57.2 cm³/mol. The number of rotatable bonds is 7. The maximum absolute atomic E-state index is 9.56. The van der Waals surface area contributed by atoms with Crippen LogP contribution in [-0.2, 0) is 4.74 Å². The molecule has 0 aliphatic carbocycles. The summed E-state index contributed by atoms with van der Waals surface area (Å²) in [6.45, 7) is 6.02. The van der Waals surface area contributed by atoms with E-state index in [9.17, 15) is 10.2 Å². The van der Waals surface area contributed by atoms with Gasteiger partial charge in [-0.1, -0.05) is 13.3 Å². The molecule has 2 N–H and O–H groups in total. The van der Waals surface area contributed by atoms with Crippen LogP contribution in [0.4, 0.5) is 0 Å². The van der Waals surface area contributed by atoms with Gasteiger partial charge in [0, 0.05) is 7.11 Å². The summed E-state index contributed by atoms with van der Waals surface area (Å²) in [5, 5.41) is 19.0. The van der Waals surface area contributed by atoms with Crippen molar-refractivity contribution in [1.29, 1.82) is 0 Å². The van der Waals surface area contributed by atoms with Gasteiger partial charge < -0.3 is 14.9 Å². The van der Waals surface area contributed by atoms with Gasteiger partial charge in [0.2, 0.25) is 0 Å². The Bertz CT molecular complexity index is 140. The number of aliphatic hydroxyl groups is 2. The van der Waals surface area contributed by atoms with Gasteiger partial charge in [0.05, 0.1) is 18.3 Å². The summed E-state index contributed by atoms with van der Waals surface area (Å²) in [4.78, 5) is 0. The average Bonchev–Trinajstić information content (AvgIpc) is 2.02. The Kier molecular flexibility index (Phi) is 6.33. The first-order valence-electron chi connectivity index (χ1n) is 5.26. The summed E-state index contributed by atoms with van der Waals surface area (Å²) < 4.78 is 4.87. The molecule has 0 saturated heterocycles. The highest BCUT2D eigenvalue weighted by molar-refractivity contribution is 4.68. The van der Waals surface area contributed by atoms with Crippen LogP contribution in [0.25, 0.3) is 0 Å². The summed E-state index contributed by atoms with van der Waals surface area (Å²) >= 11 is 0. The van der Waals surface area contributed by atoms with Gasteiger partial charge in [-0.2, -0.15) is 0 Å². The third-order valence-corrected chi connectivity index (χ3v) is 2.44. The molecule has 2 unspecified atom stereocenters. The number of aliphatic hydroxyl groups excluding tert-OH is 1. The fourth-order valence-electron chi connectivity index (χ4n) is 1.38. The van der Waals surface area contributed by atoms with Gasteiger partial charge in [-0.05, 0) is 32.6 Å². The molecule has 0 fully saturated rings. The van der Waals surface area contributed by atoms with Crippen LogP contribution in [-0.4, -0.2) is 35.6 Å². The van der Waals surface area contributed by atoms with Gasteiger partial charge in [-0.25, -0.2) is 0 Å². The highest BCUT2D eigenvalue weighted by Crippen LogP contribution is 2.17. The van der Waals surface area contributed by atoms with Gasteiger partial charge >= 0.3 is 0 Å². The summed E-state index contributed by atoms with van der Waals surface area (Å²) in [5.41, 5.74) is -0.591. The third-order valence-electron chi connectivity index (χ3n) is 2.44. The van der Waals surface area contributed by atoms with Gasteiger partial charge in [0.15, 0.2) is 0 Å². The van der Waals surface area contributed by atoms with Crippen molar-refractivity contribution < 1.29 is 14.9 Å². The molecular formula is C11H24O3. The Hall–Kier alpha value is -0.120. The quantitative estimate of drug-likeness (QED) is 0.662. The minimum absolute atomic E-state index is 0.234. The van der Waals surface area contributed by atoms with Gasteiger partial charge in [0.25, 0.3) is 0 Å². The Morgan fingerprint density at radius 2 is 1.93 bits per heavy atom. The smallest absolute Gasteiger partial charge is 0.0798 e. The van der Waals surface area contributed by atoms with E-state index in [1.54, 1.807) is 7.11 Å². The van der Waals surface area contributed by atoms with Crippen molar-refractivity contribution in [2.24, 2.45) is 5.92 Å². The van der Waals surface area contributed by atoms with E-state index in [1.165, 1.54) is 0 Å². The molecule has 0 amide bonds. The van der Waals surface area contributed by atoms with Crippen LogP contribution < -0.4 is 0 Å². The number of ether oxygens (including phenoxy) is 1. The summed E-state index contributed by atoms with van der Waals surface area (Å²) in [7, 11) is 1.59. The standard InChI is InChI=1S/C11H24O3/c1-9(10(12)8-14-4)6-5-7-11(2,3)13/h9-10,12-13H,5-8H2,1-4H3. The van der Waals surface area contributed by atoms with Crippen LogP contribution >= 0.6 is 0 Å². The molecule has 0 aliphatic heterocycles. The van der Waals surface area contributed by atoms with E-state index >= 15 is 0 Å². The van der Waals surface area contributed by atoms with Crippen LogP contribution in [0.2, 0.25) is 0 Å². The average molecular weight is 204 g/mol. The zero-order chi connectivity index (χ0) is 11.2. The molecule has 0 bridgehead atoms. The normalized spacial score (nSPS) is 16.7. The van der Waals surface area contributed by atoms with Gasteiger partial charge in [0.1, 0.15) is 0 Å². The van der Waals surface area contributed by atoms with Crippen LogP contribution in [0.1, 0.15) is 40.0 Å². The molecular weight excluding hydrogens is 180 g/mol. The lowest BCUT2D eigenvalue weighted by molar-refractivity contribution is 0.0226. The largest absolute Gasteiger partial charge is 0.390 e. The SMILES string of the molecule is COCC(O)C(C)CCCC(C)(C)O. The molecule has 0 saturated carbocycles. The molecule has 0 rings (SSSR count). The van der Waals surface area contributed by atoms with Crippen molar-refractivity contribution in [1.82, 2.24) is 0 Å². The minimum atomic E-state index is -0.591. The van der Waals surface area contributed by atoms with E-state index in [-0.39, 0.29) is 12.0 Å². The Morgan fingerprint density at radius 3 is 2.36 bits per heavy atom. The lowest BCUT2D eigenvalue weighted by Gasteiger charge is -2.21. The molecule has 0 aromatic heterocycles. The van der Waals surface area contributed by atoms with Crippen LogP contribution in [0.5, 0.6) is 0 Å². The van der Waals surface area contributed by atoms with E-state index in [4.69, 9.17) is 4.74 Å². The highest BCUT2D eigenvalue weighted by Gasteiger charge is 2.16. The monoisotopic (exact) mass is 204 g/mol. The minimum Gasteiger partial charge on any atom is -0.390 e. The van der Waals surface area contributed by atoms with Crippen molar-refractivity contribution in [3.63, 3.8) is 0 Å². The molecule has 0 spiro atoms. The second kappa shape index (κ2) is 6.38. The van der Waals surface area contributed by atoms with E-state index in [2.05, 4.69) is 0 Å². The van der Waals surface area contributed by atoms with Crippen molar-refractivity contribution >= 4 is 0 Å². The molecule has 0 heterocycles. The number of methoxy groups -OCH3 is 1. The molecule has 3 heteroatoms. The molecule has 0 aliphatic rings. The maximum atomic E-state index is 9.56. The van der Waals surface area contributed by atoms with Crippen molar-refractivity contribution in [2.45, 2.75) is 51.7 Å². The van der Waals surface area contributed by atoms with Crippen molar-refractivity contribution in [3.05, 3.63) is 0 Å². The molecule has 0 radical (unpaired) electrons. The Labute approximate surface area is 87.1 Å². The van der Waals surface area contributed by atoms with Crippen LogP contribution in [0, 0.1) is 5.92 Å². The van der Waals surface area contributed by atoms with E-state index in [0.29, 0.717) is 6.61 Å². The lowest BCUT2D eigenvalue weighted by atomic mass is 9.94. The third kappa shape index (κ3) is 7.30. The van der Waals surface area contributed by atoms with Crippen LogP contribution in [0.3, 0.4) is 0 Å². The predicted octanol–water partition coefficient (Wildman–Crippen LogP) is 1.57. The fraction of sp³-hybridized carbons (Fsp3) is 1.00. The molecule has 3 nitrogen and oxygen atoms in total. The van der Waals surface area contributed by atoms with Gasteiger partial charge in [-0.3, -0.25) is 0 Å². The zero-order valence-electron chi connectivity index (χ0n) is 9.79. The second-order valence-electron chi connectivity index (χ2n) is 4.70. The first kappa shape index (κ1) is 13.9. The molecule has 2 atom stereocenters. The topological polar surface area (TPSA) is 49.7 Å². The molecule has 14 heavy (non-hydrogen) atoms. The van der Waals surface area contributed by atoms with Crippen molar-refractivity contribution in [3.8, 4) is 0 Å². The Morgan fingerprint density at radius 1 is 1.36 bits per heavy atom. The summed E-state index contributed by atoms with van der Waals surface area (Å²) in [6.07, 6.45) is 2.25. The zero-order valence-corrected chi connectivity index (χ0v) is 9.79. The lowest BCUT2D eigenvalue weighted by Crippen LogP contribution is -2.24. The number of hydrogen-bond acceptors (Lipinski definition) is 3. The second-order valence-corrected chi connectivity index (χ2v) is 4.70. The fourth-order valence-corrected chi connectivity index (χ4v) is 1.38. The van der Waals surface area contributed by atoms with E-state index < -0.39 is 5.60 Å². The maximum Gasteiger partial charge on any atom is 0.0798 e. The molecule has 0 aromatic carbocycles. The first-order chi connectivity index (χ1) is 6.37. The van der Waals surface area contributed by atoms with Crippen molar-refractivity contribution in [2.75, 3.05) is 13.7 Å². The van der Waals surface area contributed by atoms with Crippen LogP contribution in [0.15, 0.2) is 0 Å². The first-order valence-corrected chi connectivity index (χ1v) is 5.26. The van der Waals surface area contributed by atoms with Gasteiger partial charge in [-0.15, -0.1) is 0 Å². The van der Waals surface area contributed by atoms with E-state index in [1.807, 2.05) is 20.8 Å². The molecule has 86 valence electrons. The Balaban J connectivity index is 3.58.